The summed E-state index contributed by atoms with van der Waals surface area (Å²) in [6.45, 7) is 1.57. The summed E-state index contributed by atoms with van der Waals surface area (Å²) in [5, 5.41) is 0. The van der Waals surface area contributed by atoms with Crippen LogP contribution >= 0.6 is 15.9 Å². The molecule has 1 unspecified atom stereocenters. The van der Waals surface area contributed by atoms with Crippen LogP contribution in [-0.4, -0.2) is 32.5 Å². The van der Waals surface area contributed by atoms with Crippen LogP contribution in [0.1, 0.15) is 22.7 Å². The zero-order valence-electron chi connectivity index (χ0n) is 15.9. The van der Waals surface area contributed by atoms with E-state index in [1.807, 2.05) is 36.4 Å². The van der Waals surface area contributed by atoms with Gasteiger partial charge < -0.3 is 4.55 Å². The lowest BCUT2D eigenvalue weighted by Gasteiger charge is -2.42. The van der Waals surface area contributed by atoms with Crippen molar-refractivity contribution in [1.82, 2.24) is 4.90 Å². The Morgan fingerprint density at radius 1 is 0.931 bits per heavy atom. The van der Waals surface area contributed by atoms with Crippen LogP contribution in [0.2, 0.25) is 0 Å². The molecular weight excluding hydrogens is 446 g/mol. The molecule has 0 bridgehead atoms. The zero-order valence-corrected chi connectivity index (χ0v) is 18.3. The van der Waals surface area contributed by atoms with Crippen LogP contribution in [0.15, 0.2) is 95.0 Å². The second-order valence-corrected chi connectivity index (χ2v) is 9.03. The van der Waals surface area contributed by atoms with Gasteiger partial charge in [0, 0.05) is 17.6 Å². The van der Waals surface area contributed by atoms with E-state index in [0.717, 1.165) is 28.7 Å². The molecule has 0 aliphatic carbocycles. The van der Waals surface area contributed by atoms with Crippen molar-refractivity contribution in [2.45, 2.75) is 6.04 Å². The van der Waals surface area contributed by atoms with Crippen molar-refractivity contribution >= 4 is 32.6 Å². The van der Waals surface area contributed by atoms with Crippen molar-refractivity contribution in [3.05, 3.63) is 112 Å². The van der Waals surface area contributed by atoms with Crippen molar-refractivity contribution in [2.24, 2.45) is 0 Å². The Morgan fingerprint density at radius 3 is 2.03 bits per heavy atom. The van der Waals surface area contributed by atoms with Crippen LogP contribution in [0.4, 0.5) is 0 Å². The maximum Gasteiger partial charge on any atom is 0.157 e. The second-order valence-electron chi connectivity index (χ2n) is 7.19. The van der Waals surface area contributed by atoms with Gasteiger partial charge in [-0.3, -0.25) is 4.90 Å². The van der Waals surface area contributed by atoms with E-state index in [2.05, 4.69) is 69.4 Å². The highest BCUT2D eigenvalue weighted by Crippen LogP contribution is 2.37. The minimum atomic E-state index is -1.88. The summed E-state index contributed by atoms with van der Waals surface area (Å²) in [6.07, 6.45) is 0. The molecule has 3 aromatic carbocycles. The minimum Gasteiger partial charge on any atom is -0.306 e. The van der Waals surface area contributed by atoms with Gasteiger partial charge in [0.05, 0.1) is 11.8 Å². The van der Waals surface area contributed by atoms with Gasteiger partial charge in [-0.1, -0.05) is 88.7 Å². The van der Waals surface area contributed by atoms with Crippen LogP contribution in [0, 0.1) is 0 Å². The lowest BCUT2D eigenvalue weighted by molar-refractivity contribution is 0.202. The van der Waals surface area contributed by atoms with E-state index >= 15 is 0 Å². The van der Waals surface area contributed by atoms with Gasteiger partial charge in [0.2, 0.25) is 0 Å². The summed E-state index contributed by atoms with van der Waals surface area (Å²) in [7, 11) is 0. The van der Waals surface area contributed by atoms with Gasteiger partial charge in [-0.25, -0.2) is 4.21 Å². The van der Waals surface area contributed by atoms with Crippen molar-refractivity contribution < 1.29 is 8.76 Å². The molecule has 1 aliphatic heterocycles. The number of hydrogen-bond donors (Lipinski definition) is 1. The lowest BCUT2D eigenvalue weighted by atomic mass is 9.90. The minimum absolute atomic E-state index is 0.154. The van der Waals surface area contributed by atoms with E-state index in [0.29, 0.717) is 0 Å². The first-order chi connectivity index (χ1) is 14.1. The van der Waals surface area contributed by atoms with Crippen LogP contribution < -0.4 is 0 Å². The molecule has 0 spiro atoms. The normalized spacial score (nSPS) is 15.2. The van der Waals surface area contributed by atoms with Gasteiger partial charge in [0.1, 0.15) is 0 Å². The Labute approximate surface area is 182 Å². The largest absolute Gasteiger partial charge is 0.306 e. The molecule has 1 N–H and O–H groups in total. The number of benzene rings is 3. The molecule has 1 fully saturated rings. The Kier molecular flexibility index (Phi) is 6.40. The lowest BCUT2D eigenvalue weighted by Crippen LogP contribution is -2.44. The fourth-order valence-electron chi connectivity index (χ4n) is 3.89. The summed E-state index contributed by atoms with van der Waals surface area (Å²) in [4.78, 5) is 2.41. The highest BCUT2D eigenvalue weighted by Gasteiger charge is 2.32. The fraction of sp³-hybridized carbons (Fsp3) is 0.167. The molecule has 1 saturated heterocycles. The van der Waals surface area contributed by atoms with Gasteiger partial charge in [-0.15, -0.1) is 0 Å². The zero-order chi connectivity index (χ0) is 20.2. The van der Waals surface area contributed by atoms with Crippen LogP contribution in [-0.2, 0) is 11.1 Å². The molecule has 3 nitrogen and oxygen atoms in total. The first-order valence-electron chi connectivity index (χ1n) is 9.50. The van der Waals surface area contributed by atoms with Crippen molar-refractivity contribution in [3.63, 3.8) is 0 Å². The average Bonchev–Trinajstić information content (AvgIpc) is 2.70. The first-order valence-corrected chi connectivity index (χ1v) is 11.6. The first kappa shape index (κ1) is 20.2. The van der Waals surface area contributed by atoms with Crippen molar-refractivity contribution in [2.75, 3.05) is 18.8 Å². The topological polar surface area (TPSA) is 40.5 Å². The predicted molar refractivity (Wildman–Crippen MR) is 123 cm³/mol. The van der Waals surface area contributed by atoms with Crippen molar-refractivity contribution in [3.8, 4) is 0 Å². The monoisotopic (exact) mass is 467 g/mol. The molecule has 5 heteroatoms. The highest BCUT2D eigenvalue weighted by atomic mass is 79.9. The Balaban J connectivity index is 1.66. The molecule has 1 atom stereocenters. The maximum absolute atomic E-state index is 11.6. The standard InChI is InChI=1S/C24H22BrNO2S/c25-22-13-7-12-20(14-22)23(17-29(27)28)21-15-26(16-21)24(18-8-3-1-4-9-18)19-10-5-2-6-11-19/h1-14,24H,15-17H2,(H,27,28). The maximum atomic E-state index is 11.6. The SMILES string of the molecule is O=S(O)CC(=C1CN(C(c2ccccc2)c2ccccc2)C1)c1cccc(Br)c1. The number of nitrogens with zero attached hydrogens (tertiary/aromatic N) is 1. The molecule has 148 valence electrons. The van der Waals surface area contributed by atoms with Crippen molar-refractivity contribution in [1.29, 1.82) is 0 Å². The Hall–Kier alpha value is -2.05. The van der Waals surface area contributed by atoms with Crippen LogP contribution in [0.3, 0.4) is 0 Å². The summed E-state index contributed by atoms with van der Waals surface area (Å²) < 4.78 is 22.2. The number of hydrogen-bond acceptors (Lipinski definition) is 2. The molecule has 4 rings (SSSR count). The summed E-state index contributed by atoms with van der Waals surface area (Å²) in [5.41, 5.74) is 5.72. The number of likely N-dealkylation sites (tertiary alicyclic amines) is 1. The molecule has 0 aromatic heterocycles. The highest BCUT2D eigenvalue weighted by molar-refractivity contribution is 9.10. The van der Waals surface area contributed by atoms with E-state index in [1.165, 1.54) is 16.7 Å². The molecular formula is C24H22BrNO2S. The van der Waals surface area contributed by atoms with Gasteiger partial charge >= 0.3 is 0 Å². The van der Waals surface area contributed by atoms with E-state index in [-0.39, 0.29) is 11.8 Å². The fourth-order valence-corrected chi connectivity index (χ4v) is 4.91. The quantitative estimate of drug-likeness (QED) is 0.484. The molecule has 3 aromatic rings. The second kappa shape index (κ2) is 9.18. The molecule has 0 radical (unpaired) electrons. The van der Waals surface area contributed by atoms with E-state index in [4.69, 9.17) is 0 Å². The third-order valence-electron chi connectivity index (χ3n) is 5.25. The van der Waals surface area contributed by atoms with Gasteiger partial charge in [0.25, 0.3) is 0 Å². The molecule has 0 amide bonds. The predicted octanol–water partition coefficient (Wildman–Crippen LogP) is 5.53. The molecule has 0 saturated carbocycles. The van der Waals surface area contributed by atoms with Gasteiger partial charge in [-0.05, 0) is 40.0 Å². The molecule has 1 heterocycles. The number of halogens is 1. The molecule has 1 aliphatic rings. The summed E-state index contributed by atoms with van der Waals surface area (Å²) >= 11 is 1.63. The third kappa shape index (κ3) is 4.75. The van der Waals surface area contributed by atoms with Crippen LogP contribution in [0.5, 0.6) is 0 Å². The van der Waals surface area contributed by atoms with Crippen LogP contribution in [0.25, 0.3) is 5.57 Å². The number of rotatable bonds is 6. The smallest absolute Gasteiger partial charge is 0.157 e. The van der Waals surface area contributed by atoms with Gasteiger partial charge in [0.15, 0.2) is 11.1 Å². The van der Waals surface area contributed by atoms with Gasteiger partial charge in [-0.2, -0.15) is 0 Å². The van der Waals surface area contributed by atoms with E-state index in [1.54, 1.807) is 0 Å². The van der Waals surface area contributed by atoms with E-state index < -0.39 is 11.1 Å². The van der Waals surface area contributed by atoms with E-state index in [9.17, 15) is 8.76 Å². The average molecular weight is 468 g/mol. The Bertz CT molecular complexity index is 990. The summed E-state index contributed by atoms with van der Waals surface area (Å²) in [5.74, 6) is 0.154. The molecule has 29 heavy (non-hydrogen) atoms. The third-order valence-corrected chi connectivity index (χ3v) is 6.28. The Morgan fingerprint density at radius 2 is 1.52 bits per heavy atom. The summed E-state index contributed by atoms with van der Waals surface area (Å²) in [6, 6.07) is 29.2.